The largest absolute Gasteiger partial charge is 0.496 e. The number of ether oxygens (including phenoxy) is 1. The molecule has 82 valence electrons. The molecule has 0 aliphatic carbocycles. The molecular formula is C7H8NO6P. The smallest absolute Gasteiger partial charge is 0.356 e. The second-order valence-corrected chi connectivity index (χ2v) is 4.29. The average molecular weight is 233 g/mol. The highest BCUT2D eigenvalue weighted by molar-refractivity contribution is 7.60. The summed E-state index contributed by atoms with van der Waals surface area (Å²) in [6, 6.07) is 2.97. The van der Waals surface area contributed by atoms with Gasteiger partial charge in [-0.25, -0.2) is 0 Å². The van der Waals surface area contributed by atoms with Crippen LogP contribution in [-0.2, 0) is 4.57 Å². The summed E-state index contributed by atoms with van der Waals surface area (Å²) < 4.78 is 15.6. The Hall–Kier alpha value is -1.43. The van der Waals surface area contributed by atoms with E-state index in [0.29, 0.717) is 0 Å². The molecule has 0 amide bonds. The Bertz CT molecular complexity index is 439. The van der Waals surface area contributed by atoms with E-state index in [1.165, 1.54) is 7.11 Å². The van der Waals surface area contributed by atoms with Crippen LogP contribution in [0.5, 0.6) is 5.75 Å². The first-order valence-corrected chi connectivity index (χ1v) is 5.35. The molecule has 7 nitrogen and oxygen atoms in total. The van der Waals surface area contributed by atoms with Crippen LogP contribution in [0.2, 0.25) is 0 Å². The van der Waals surface area contributed by atoms with Gasteiger partial charge in [0.25, 0.3) is 5.69 Å². The van der Waals surface area contributed by atoms with Gasteiger partial charge in [0.2, 0.25) is 0 Å². The topological polar surface area (TPSA) is 110 Å². The van der Waals surface area contributed by atoms with Crippen molar-refractivity contribution < 1.29 is 24.0 Å². The van der Waals surface area contributed by atoms with Crippen molar-refractivity contribution in [2.45, 2.75) is 0 Å². The summed E-state index contributed by atoms with van der Waals surface area (Å²) in [6.45, 7) is 0. The van der Waals surface area contributed by atoms with E-state index in [0.717, 1.165) is 18.2 Å². The summed E-state index contributed by atoms with van der Waals surface area (Å²) in [7, 11) is -3.26. The Morgan fingerprint density at radius 2 is 2.00 bits per heavy atom. The third-order valence-electron chi connectivity index (χ3n) is 1.66. The van der Waals surface area contributed by atoms with Crippen molar-refractivity contribution in [1.82, 2.24) is 0 Å². The second-order valence-electron chi connectivity index (χ2n) is 2.69. The van der Waals surface area contributed by atoms with Gasteiger partial charge in [-0.3, -0.25) is 14.7 Å². The predicted molar refractivity (Wildman–Crippen MR) is 51.3 cm³/mol. The van der Waals surface area contributed by atoms with E-state index >= 15 is 0 Å². The predicted octanol–water partition coefficient (Wildman–Crippen LogP) is 0.406. The molecule has 0 unspecified atom stereocenters. The summed E-state index contributed by atoms with van der Waals surface area (Å²) in [5.74, 6) is 0.0301. The molecule has 0 radical (unpaired) electrons. The summed E-state index contributed by atoms with van der Waals surface area (Å²) in [5.41, 5.74) is -0.423. The summed E-state index contributed by atoms with van der Waals surface area (Å²) >= 11 is 0. The van der Waals surface area contributed by atoms with Crippen LogP contribution in [0.4, 0.5) is 5.69 Å². The summed E-state index contributed by atoms with van der Waals surface area (Å²) in [5, 5.41) is 10.0. The van der Waals surface area contributed by atoms with Crippen molar-refractivity contribution in [3.05, 3.63) is 28.3 Å². The zero-order valence-electron chi connectivity index (χ0n) is 7.65. The van der Waals surface area contributed by atoms with Gasteiger partial charge in [-0.2, -0.15) is 0 Å². The third kappa shape index (κ3) is 2.76. The van der Waals surface area contributed by atoms with Gasteiger partial charge in [0, 0.05) is 6.07 Å². The molecule has 0 fully saturated rings. The maximum Gasteiger partial charge on any atom is 0.356 e. The average Bonchev–Trinajstić information content (AvgIpc) is 2.15. The van der Waals surface area contributed by atoms with Gasteiger partial charge in [0.15, 0.2) is 0 Å². The van der Waals surface area contributed by atoms with Crippen LogP contribution in [-0.4, -0.2) is 21.8 Å². The monoisotopic (exact) mass is 233 g/mol. The van der Waals surface area contributed by atoms with Crippen molar-refractivity contribution in [2.75, 3.05) is 7.11 Å². The molecule has 0 spiro atoms. The molecule has 15 heavy (non-hydrogen) atoms. The van der Waals surface area contributed by atoms with Crippen molar-refractivity contribution in [2.24, 2.45) is 0 Å². The number of methoxy groups -OCH3 is 1. The van der Waals surface area contributed by atoms with Crippen molar-refractivity contribution in [3.63, 3.8) is 0 Å². The van der Waals surface area contributed by atoms with Crippen molar-refractivity contribution >= 4 is 18.6 Å². The van der Waals surface area contributed by atoms with Gasteiger partial charge in [-0.1, -0.05) is 0 Å². The maximum atomic E-state index is 10.9. The SMILES string of the molecule is COc1cc([N+](=O)[O-])cc(P(=O)(O)O)c1. The first-order chi connectivity index (χ1) is 6.84. The van der Waals surface area contributed by atoms with Crippen LogP contribution in [0.1, 0.15) is 0 Å². The first-order valence-electron chi connectivity index (χ1n) is 3.74. The summed E-state index contributed by atoms with van der Waals surface area (Å²) in [4.78, 5) is 27.4. The highest BCUT2D eigenvalue weighted by atomic mass is 31.2. The molecule has 0 aromatic heterocycles. The summed E-state index contributed by atoms with van der Waals surface area (Å²) in [6.07, 6.45) is 0. The van der Waals surface area contributed by atoms with Crippen LogP contribution < -0.4 is 10.0 Å². The van der Waals surface area contributed by atoms with Crippen molar-refractivity contribution in [1.29, 1.82) is 0 Å². The third-order valence-corrected chi connectivity index (χ3v) is 2.59. The molecule has 8 heteroatoms. The molecule has 0 saturated heterocycles. The zero-order valence-corrected chi connectivity index (χ0v) is 8.55. The number of hydrogen-bond donors (Lipinski definition) is 2. The number of benzene rings is 1. The van der Waals surface area contributed by atoms with E-state index in [4.69, 9.17) is 14.5 Å². The molecule has 2 N–H and O–H groups in total. The quantitative estimate of drug-likeness (QED) is 0.444. The van der Waals surface area contributed by atoms with Crippen LogP contribution in [0.3, 0.4) is 0 Å². The first kappa shape index (κ1) is 11.6. The lowest BCUT2D eigenvalue weighted by Crippen LogP contribution is -2.06. The fraction of sp³-hybridized carbons (Fsp3) is 0.143. The van der Waals surface area contributed by atoms with Crippen LogP contribution in [0.25, 0.3) is 0 Å². The maximum absolute atomic E-state index is 10.9. The van der Waals surface area contributed by atoms with E-state index in [-0.39, 0.29) is 5.75 Å². The zero-order chi connectivity index (χ0) is 11.6. The number of nitro groups is 1. The number of hydrogen-bond acceptors (Lipinski definition) is 4. The highest BCUT2D eigenvalue weighted by Gasteiger charge is 2.22. The molecule has 0 aliphatic rings. The lowest BCUT2D eigenvalue weighted by Gasteiger charge is -2.06. The van der Waals surface area contributed by atoms with Crippen molar-refractivity contribution in [3.8, 4) is 5.75 Å². The van der Waals surface area contributed by atoms with Gasteiger partial charge in [0.1, 0.15) is 5.75 Å². The van der Waals surface area contributed by atoms with E-state index in [9.17, 15) is 14.7 Å². The standard InChI is InChI=1S/C7H8NO6P/c1-14-6-2-5(8(9)10)3-7(4-6)15(11,12)13/h2-4H,1H3,(H2,11,12,13). The van der Waals surface area contributed by atoms with Gasteiger partial charge in [0.05, 0.1) is 23.4 Å². The van der Waals surface area contributed by atoms with Crippen LogP contribution >= 0.6 is 7.60 Å². The Morgan fingerprint density at radius 1 is 1.40 bits per heavy atom. The molecule has 1 aromatic carbocycles. The molecule has 1 aromatic rings. The molecule has 0 heterocycles. The Balaban J connectivity index is 3.36. The highest BCUT2D eigenvalue weighted by Crippen LogP contribution is 2.36. The van der Waals surface area contributed by atoms with Crippen LogP contribution in [0.15, 0.2) is 18.2 Å². The molecule has 0 saturated carbocycles. The minimum Gasteiger partial charge on any atom is -0.496 e. The number of nitrogens with zero attached hydrogens (tertiary/aromatic N) is 1. The Labute approximate surface area is 84.6 Å². The van der Waals surface area contributed by atoms with E-state index in [2.05, 4.69) is 0 Å². The minimum atomic E-state index is -4.51. The minimum absolute atomic E-state index is 0.0301. The van der Waals surface area contributed by atoms with E-state index in [1.54, 1.807) is 0 Å². The fourth-order valence-corrected chi connectivity index (χ4v) is 1.56. The van der Waals surface area contributed by atoms with E-state index < -0.39 is 23.5 Å². The molecule has 0 atom stereocenters. The molecule has 0 bridgehead atoms. The second kappa shape index (κ2) is 3.98. The van der Waals surface area contributed by atoms with Gasteiger partial charge < -0.3 is 14.5 Å². The van der Waals surface area contributed by atoms with Gasteiger partial charge in [-0.15, -0.1) is 0 Å². The van der Waals surface area contributed by atoms with E-state index in [1.807, 2.05) is 0 Å². The van der Waals surface area contributed by atoms with Gasteiger partial charge in [-0.05, 0) is 6.07 Å². The number of rotatable bonds is 3. The fourth-order valence-electron chi connectivity index (χ4n) is 0.959. The Kier molecular flexibility index (Phi) is 3.09. The molecule has 1 rings (SSSR count). The normalized spacial score (nSPS) is 11.1. The van der Waals surface area contributed by atoms with Gasteiger partial charge >= 0.3 is 7.60 Å². The number of nitro benzene ring substituents is 1. The Morgan fingerprint density at radius 3 is 2.40 bits per heavy atom. The number of non-ortho nitro benzene ring substituents is 1. The lowest BCUT2D eigenvalue weighted by molar-refractivity contribution is -0.384. The lowest BCUT2D eigenvalue weighted by atomic mass is 10.3. The molecular weight excluding hydrogens is 225 g/mol. The van der Waals surface area contributed by atoms with Crippen LogP contribution in [0, 0.1) is 10.1 Å². The molecule has 0 aliphatic heterocycles.